The maximum absolute atomic E-state index is 9.66. The van der Waals surface area contributed by atoms with Crippen LogP contribution in [0.3, 0.4) is 0 Å². The number of ether oxygens (including phenoxy) is 1. The van der Waals surface area contributed by atoms with Gasteiger partial charge in [-0.25, -0.2) is 10.5 Å². The lowest BCUT2D eigenvalue weighted by molar-refractivity contribution is 0.268. The van der Waals surface area contributed by atoms with Gasteiger partial charge in [0.2, 0.25) is 5.95 Å². The van der Waals surface area contributed by atoms with Crippen LogP contribution in [0.15, 0.2) is 23.3 Å². The Kier molecular flexibility index (Phi) is 8.02. The second-order valence-corrected chi connectivity index (χ2v) is 6.87. The third-order valence-corrected chi connectivity index (χ3v) is 4.65. The van der Waals surface area contributed by atoms with E-state index in [-0.39, 0.29) is 30.9 Å². The van der Waals surface area contributed by atoms with Gasteiger partial charge < -0.3 is 20.9 Å². The van der Waals surface area contributed by atoms with Crippen LogP contribution in [-0.4, -0.2) is 40.7 Å². The summed E-state index contributed by atoms with van der Waals surface area (Å²) < 4.78 is 5.51. The highest BCUT2D eigenvalue weighted by Crippen LogP contribution is 2.28. The van der Waals surface area contributed by atoms with Crippen molar-refractivity contribution in [3.63, 3.8) is 0 Å². The fourth-order valence-corrected chi connectivity index (χ4v) is 3.20. The van der Waals surface area contributed by atoms with E-state index < -0.39 is 0 Å². The summed E-state index contributed by atoms with van der Waals surface area (Å²) in [7, 11) is 1.61. The van der Waals surface area contributed by atoms with Gasteiger partial charge in [0.25, 0.3) is 0 Å². The first-order valence-electron chi connectivity index (χ1n) is 9.52. The number of amidine groups is 1. The molecule has 1 aromatic carbocycles. The Balaban J connectivity index is 2.43. The summed E-state index contributed by atoms with van der Waals surface area (Å²) in [5, 5.41) is 23.8. The molecule has 1 heterocycles. The number of nitrogens with two attached hydrogens (primary N) is 1. The van der Waals surface area contributed by atoms with E-state index in [4.69, 9.17) is 21.4 Å². The Morgan fingerprint density at radius 2 is 2.14 bits per heavy atom. The van der Waals surface area contributed by atoms with E-state index in [0.29, 0.717) is 18.0 Å². The quantitative estimate of drug-likeness (QED) is 0.235. The largest absolute Gasteiger partial charge is 0.496 e. The Morgan fingerprint density at radius 1 is 1.38 bits per heavy atom. The van der Waals surface area contributed by atoms with Gasteiger partial charge in [0.1, 0.15) is 17.4 Å². The molecule has 0 spiro atoms. The molecule has 2 aromatic rings. The summed E-state index contributed by atoms with van der Waals surface area (Å²) in [6.45, 7) is 3.92. The van der Waals surface area contributed by atoms with Crippen LogP contribution >= 0.6 is 0 Å². The molecule has 9 nitrogen and oxygen atoms in total. The SMILES string of the molecule is CCC[C@@H](CO)Nc1nc(N)nc(C)c1Cc1cc(CC(=N)N=N)ccc1OC. The molecule has 156 valence electrons. The molecule has 1 aromatic heterocycles. The summed E-state index contributed by atoms with van der Waals surface area (Å²) in [5.41, 5.74) is 16.2. The highest BCUT2D eigenvalue weighted by atomic mass is 16.5. The number of aromatic nitrogens is 2. The number of aliphatic hydroxyl groups excluding tert-OH is 1. The van der Waals surface area contributed by atoms with Crippen molar-refractivity contribution in [2.24, 2.45) is 5.11 Å². The Labute approximate surface area is 170 Å². The number of nitrogens with one attached hydrogen (secondary N) is 3. The van der Waals surface area contributed by atoms with Crippen LogP contribution in [0.2, 0.25) is 0 Å². The minimum Gasteiger partial charge on any atom is -0.496 e. The maximum Gasteiger partial charge on any atom is 0.222 e. The Bertz CT molecular complexity index is 870. The molecule has 0 aliphatic rings. The molecule has 2 rings (SSSR count). The van der Waals surface area contributed by atoms with Gasteiger partial charge >= 0.3 is 0 Å². The first-order valence-corrected chi connectivity index (χ1v) is 9.52. The molecular formula is C20H29N7O2. The zero-order chi connectivity index (χ0) is 21.4. The van der Waals surface area contributed by atoms with Crippen LogP contribution in [0.5, 0.6) is 5.75 Å². The number of hydrogen-bond donors (Lipinski definition) is 5. The molecule has 0 amide bonds. The maximum atomic E-state index is 9.66. The molecule has 29 heavy (non-hydrogen) atoms. The number of nitrogen functional groups attached to an aromatic ring is 1. The Hall–Kier alpha value is -3.07. The van der Waals surface area contributed by atoms with Crippen molar-refractivity contribution in [1.29, 1.82) is 10.9 Å². The lowest BCUT2D eigenvalue weighted by Crippen LogP contribution is -2.25. The zero-order valence-corrected chi connectivity index (χ0v) is 17.1. The normalized spacial score (nSPS) is 11.7. The van der Waals surface area contributed by atoms with Crippen LogP contribution in [0.4, 0.5) is 11.8 Å². The minimum absolute atomic E-state index is 0.00617. The molecule has 0 fully saturated rings. The summed E-state index contributed by atoms with van der Waals surface area (Å²) >= 11 is 0. The first-order chi connectivity index (χ1) is 13.9. The average molecular weight is 399 g/mol. The van der Waals surface area contributed by atoms with Crippen LogP contribution < -0.4 is 15.8 Å². The first kappa shape index (κ1) is 22.2. The van der Waals surface area contributed by atoms with E-state index >= 15 is 0 Å². The summed E-state index contributed by atoms with van der Waals surface area (Å²) in [4.78, 5) is 8.67. The van der Waals surface area contributed by atoms with Gasteiger partial charge in [-0.2, -0.15) is 4.98 Å². The van der Waals surface area contributed by atoms with Gasteiger partial charge in [0.15, 0.2) is 0 Å². The van der Waals surface area contributed by atoms with Gasteiger partial charge in [-0.3, -0.25) is 5.41 Å². The number of hydrogen-bond acceptors (Lipinski definition) is 8. The summed E-state index contributed by atoms with van der Waals surface area (Å²) in [6, 6.07) is 5.51. The van der Waals surface area contributed by atoms with Gasteiger partial charge in [-0.15, -0.1) is 5.11 Å². The summed E-state index contributed by atoms with van der Waals surface area (Å²) in [5.74, 6) is 1.47. The van der Waals surface area contributed by atoms with Gasteiger partial charge in [-0.1, -0.05) is 25.5 Å². The molecule has 6 N–H and O–H groups in total. The minimum atomic E-state index is -0.125. The van der Waals surface area contributed by atoms with Gasteiger partial charge in [-0.05, 0) is 30.5 Å². The highest BCUT2D eigenvalue weighted by molar-refractivity contribution is 5.81. The average Bonchev–Trinajstić information content (AvgIpc) is 2.70. The third-order valence-electron chi connectivity index (χ3n) is 4.65. The molecule has 0 aliphatic heterocycles. The number of nitrogens with zero attached hydrogens (tertiary/aromatic N) is 3. The van der Waals surface area contributed by atoms with Crippen molar-refractivity contribution in [1.82, 2.24) is 9.97 Å². The second kappa shape index (κ2) is 10.5. The lowest BCUT2D eigenvalue weighted by atomic mass is 9.99. The van der Waals surface area contributed by atoms with Crippen molar-refractivity contribution in [2.45, 2.75) is 45.6 Å². The van der Waals surface area contributed by atoms with Crippen LogP contribution in [0.1, 0.15) is 42.1 Å². The molecule has 0 saturated carbocycles. The van der Waals surface area contributed by atoms with Crippen molar-refractivity contribution in [2.75, 3.05) is 24.8 Å². The Morgan fingerprint density at radius 3 is 2.76 bits per heavy atom. The number of anilines is 2. The lowest BCUT2D eigenvalue weighted by Gasteiger charge is -2.20. The van der Waals surface area contributed by atoms with Crippen molar-refractivity contribution >= 4 is 17.6 Å². The highest BCUT2D eigenvalue weighted by Gasteiger charge is 2.17. The van der Waals surface area contributed by atoms with E-state index in [1.54, 1.807) is 7.11 Å². The van der Waals surface area contributed by atoms with Crippen molar-refractivity contribution in [3.05, 3.63) is 40.6 Å². The molecule has 0 aliphatic carbocycles. The molecule has 0 radical (unpaired) electrons. The summed E-state index contributed by atoms with van der Waals surface area (Å²) in [6.07, 6.45) is 2.49. The molecule has 0 bridgehead atoms. The zero-order valence-electron chi connectivity index (χ0n) is 17.1. The molecule has 0 unspecified atom stereocenters. The standard InChI is InChI=1S/C20H29N7O2/c1-4-5-15(11-28)25-19-16(12(2)24-20(22)26-19)10-14-8-13(9-18(21)27-23)6-7-17(14)29-3/h6-8,15,21,23,28H,4-5,9-11H2,1-3H3,(H3,22,24,25,26)/t15-/m0/s1. The number of methoxy groups -OCH3 is 1. The van der Waals surface area contributed by atoms with Crippen LogP contribution in [0, 0.1) is 17.9 Å². The van der Waals surface area contributed by atoms with E-state index in [1.165, 1.54) is 0 Å². The fourth-order valence-electron chi connectivity index (χ4n) is 3.20. The van der Waals surface area contributed by atoms with Crippen molar-refractivity contribution in [3.8, 4) is 5.75 Å². The number of aliphatic hydroxyl groups is 1. The van der Waals surface area contributed by atoms with E-state index in [0.717, 1.165) is 35.2 Å². The fraction of sp³-hybridized carbons (Fsp3) is 0.450. The second-order valence-electron chi connectivity index (χ2n) is 6.87. The number of aryl methyl sites for hydroxylation is 1. The van der Waals surface area contributed by atoms with Crippen LogP contribution in [-0.2, 0) is 12.8 Å². The molecule has 0 saturated heterocycles. The van der Waals surface area contributed by atoms with E-state index in [9.17, 15) is 5.11 Å². The van der Waals surface area contributed by atoms with Gasteiger partial charge in [0, 0.05) is 24.1 Å². The monoisotopic (exact) mass is 399 g/mol. The molecular weight excluding hydrogens is 370 g/mol. The van der Waals surface area contributed by atoms with E-state index in [2.05, 4.69) is 27.3 Å². The van der Waals surface area contributed by atoms with Crippen molar-refractivity contribution < 1.29 is 9.84 Å². The smallest absolute Gasteiger partial charge is 0.222 e. The molecule has 9 heteroatoms. The van der Waals surface area contributed by atoms with Crippen LogP contribution in [0.25, 0.3) is 0 Å². The number of rotatable bonds is 10. The third kappa shape index (κ3) is 5.95. The van der Waals surface area contributed by atoms with Gasteiger partial charge in [0.05, 0.1) is 19.8 Å². The predicted molar refractivity (Wildman–Crippen MR) is 113 cm³/mol. The topological polar surface area (TPSA) is 153 Å². The van der Waals surface area contributed by atoms with E-state index in [1.807, 2.05) is 25.1 Å². The number of benzene rings is 1. The molecule has 1 atom stereocenters. The predicted octanol–water partition coefficient (Wildman–Crippen LogP) is 3.09.